The van der Waals surface area contributed by atoms with Crippen molar-refractivity contribution >= 4 is 51.9 Å². The number of likely N-dealkylation sites (tertiary alicyclic amines) is 1. The molecule has 0 radical (unpaired) electrons. The molecule has 1 fully saturated rings. The summed E-state index contributed by atoms with van der Waals surface area (Å²) in [6.07, 6.45) is 2.70. The van der Waals surface area contributed by atoms with Crippen molar-refractivity contribution in [1.29, 1.82) is 0 Å². The summed E-state index contributed by atoms with van der Waals surface area (Å²) in [6.45, 7) is 6.87. The van der Waals surface area contributed by atoms with Crippen molar-refractivity contribution < 1.29 is 14.4 Å². The molecule has 3 heterocycles. The molecule has 0 aliphatic carbocycles. The van der Waals surface area contributed by atoms with E-state index in [1.54, 1.807) is 24.3 Å². The Hall–Kier alpha value is -5.07. The molecular weight excluding hydrogens is 548 g/mol. The fourth-order valence-corrected chi connectivity index (χ4v) is 5.55. The molecule has 0 atom stereocenters. The number of aromatic nitrogens is 4. The highest BCUT2D eigenvalue weighted by atomic mass is 16.2. The number of primary amides is 2. The average Bonchev–Trinajstić information content (AvgIpc) is 3.53. The third kappa shape index (κ3) is 6.55. The first kappa shape index (κ1) is 29.4. The summed E-state index contributed by atoms with van der Waals surface area (Å²) in [5, 5.41) is 11.0. The van der Waals surface area contributed by atoms with Gasteiger partial charge in [-0.1, -0.05) is 0 Å². The quantitative estimate of drug-likeness (QED) is 0.166. The number of anilines is 4. The summed E-state index contributed by atoms with van der Waals surface area (Å²) in [5.74, 6) is 0.907. The molecule has 0 unspecified atom stereocenters. The number of rotatable bonds is 11. The number of nitrogens with zero attached hydrogens (tertiary/aromatic N) is 5. The number of carbonyl (C=O) groups excluding carboxylic acids is 3. The van der Waals surface area contributed by atoms with E-state index in [1.807, 2.05) is 35.6 Å². The zero-order valence-corrected chi connectivity index (χ0v) is 24.5. The van der Waals surface area contributed by atoms with Crippen LogP contribution in [0.25, 0.3) is 11.0 Å². The highest BCUT2D eigenvalue weighted by Crippen LogP contribution is 2.28. The van der Waals surface area contributed by atoms with E-state index >= 15 is 0 Å². The summed E-state index contributed by atoms with van der Waals surface area (Å²) in [7, 11) is 0. The Balaban J connectivity index is 1.21. The minimum atomic E-state index is -0.554. The molecule has 0 spiro atoms. The lowest BCUT2D eigenvalue weighted by Gasteiger charge is -2.32. The monoisotopic (exact) mass is 586 g/mol. The number of fused-ring (bicyclic) bond motifs is 1. The van der Waals surface area contributed by atoms with Crippen LogP contribution >= 0.6 is 0 Å². The average molecular weight is 587 g/mol. The van der Waals surface area contributed by atoms with Gasteiger partial charge in [0, 0.05) is 43.4 Å². The second-order valence-electron chi connectivity index (χ2n) is 10.9. The molecule has 13 heteroatoms. The van der Waals surface area contributed by atoms with Crippen molar-refractivity contribution in [3.8, 4) is 0 Å². The van der Waals surface area contributed by atoms with Gasteiger partial charge in [-0.15, -0.1) is 0 Å². The fraction of sp³-hybridized carbons (Fsp3) is 0.367. The normalized spacial score (nSPS) is 13.8. The Morgan fingerprint density at radius 3 is 2.37 bits per heavy atom. The van der Waals surface area contributed by atoms with Gasteiger partial charge in [-0.05, 0) is 75.4 Å². The lowest BCUT2D eigenvalue weighted by atomic mass is 9.93. The smallest absolute Gasteiger partial charge is 0.248 e. The van der Waals surface area contributed by atoms with Crippen LogP contribution in [0.15, 0.2) is 42.5 Å². The number of nitrogens with two attached hydrogens (primary N) is 3. The number of hydrogen-bond acceptors (Lipinski definition) is 8. The zero-order chi connectivity index (χ0) is 30.7. The summed E-state index contributed by atoms with van der Waals surface area (Å²) >= 11 is 0. The van der Waals surface area contributed by atoms with Gasteiger partial charge in [0.2, 0.25) is 23.7 Å². The third-order valence-corrected chi connectivity index (χ3v) is 7.97. The lowest BCUT2D eigenvalue weighted by molar-refractivity contribution is -0.130. The van der Waals surface area contributed by atoms with E-state index in [0.29, 0.717) is 59.5 Å². The maximum atomic E-state index is 12.9. The van der Waals surface area contributed by atoms with Crippen molar-refractivity contribution in [2.45, 2.75) is 46.2 Å². The second-order valence-corrected chi connectivity index (χ2v) is 10.9. The van der Waals surface area contributed by atoms with E-state index in [-0.39, 0.29) is 12.5 Å². The van der Waals surface area contributed by atoms with Crippen LogP contribution in [0.4, 0.5) is 23.1 Å². The van der Waals surface area contributed by atoms with E-state index in [0.717, 1.165) is 42.8 Å². The highest BCUT2D eigenvalue weighted by molar-refractivity contribution is 5.97. The van der Waals surface area contributed by atoms with E-state index < -0.39 is 11.8 Å². The van der Waals surface area contributed by atoms with Crippen LogP contribution < -0.4 is 27.8 Å². The standard InChI is InChI=1S/C30H38N10O3/c1-3-40-26(14-18(2)37-40)36-30-35-24-16-21(29(33)43)5-7-25(24)39(30)13-10-19-8-11-38(12-9-19)27(41)17-34-23-6-4-20(28(32)42)15-22(23)31/h4-7,14-16,19,34H,3,8-13,17,31H2,1-2H3,(H2,32,42)(H2,33,43)(H,35,36). The molecule has 0 bridgehead atoms. The van der Waals surface area contributed by atoms with Crippen LogP contribution in [-0.4, -0.2) is 61.6 Å². The van der Waals surface area contributed by atoms with E-state index in [2.05, 4.69) is 20.3 Å². The van der Waals surface area contributed by atoms with E-state index in [9.17, 15) is 14.4 Å². The van der Waals surface area contributed by atoms with E-state index in [4.69, 9.17) is 22.2 Å². The van der Waals surface area contributed by atoms with Crippen LogP contribution in [0, 0.1) is 12.8 Å². The van der Waals surface area contributed by atoms with Crippen molar-refractivity contribution in [2.75, 3.05) is 36.0 Å². The van der Waals surface area contributed by atoms with Gasteiger partial charge in [0.05, 0.1) is 34.6 Å². The first-order valence-electron chi connectivity index (χ1n) is 14.5. The van der Waals surface area contributed by atoms with Gasteiger partial charge in [-0.3, -0.25) is 14.4 Å². The fourth-order valence-electron chi connectivity index (χ4n) is 5.55. The SMILES string of the molecule is CCn1nc(C)cc1Nc1nc2cc(C(N)=O)ccc2n1CCC1CCN(C(=O)CNc2ccc(C(N)=O)cc2N)CC1. The number of benzene rings is 2. The molecule has 4 aromatic rings. The number of imidazole rings is 1. The Bertz CT molecular complexity index is 1670. The van der Waals surface area contributed by atoms with Crippen LogP contribution in [0.1, 0.15) is 52.6 Å². The Morgan fingerprint density at radius 1 is 1.00 bits per heavy atom. The van der Waals surface area contributed by atoms with Crippen molar-refractivity contribution in [2.24, 2.45) is 17.4 Å². The number of amides is 3. The van der Waals surface area contributed by atoms with Gasteiger partial charge in [-0.25, -0.2) is 9.67 Å². The Kier molecular flexibility index (Phi) is 8.51. The highest BCUT2D eigenvalue weighted by Gasteiger charge is 2.24. The summed E-state index contributed by atoms with van der Waals surface area (Å²) in [6, 6.07) is 12.1. The lowest BCUT2D eigenvalue weighted by Crippen LogP contribution is -2.41. The Morgan fingerprint density at radius 2 is 1.70 bits per heavy atom. The molecular formula is C30H38N10O3. The minimum Gasteiger partial charge on any atom is -0.397 e. The molecule has 1 saturated heterocycles. The molecule has 13 nitrogen and oxygen atoms in total. The third-order valence-electron chi connectivity index (χ3n) is 7.97. The number of piperidine rings is 1. The summed E-state index contributed by atoms with van der Waals surface area (Å²) in [5.41, 5.74) is 21.0. The van der Waals surface area contributed by atoms with Crippen molar-refractivity contribution in [3.63, 3.8) is 0 Å². The predicted molar refractivity (Wildman–Crippen MR) is 166 cm³/mol. The second kappa shape index (κ2) is 12.4. The molecule has 43 heavy (non-hydrogen) atoms. The maximum absolute atomic E-state index is 12.9. The molecule has 3 amide bonds. The summed E-state index contributed by atoms with van der Waals surface area (Å²) < 4.78 is 4.03. The Labute approximate surface area is 249 Å². The largest absolute Gasteiger partial charge is 0.397 e. The molecule has 8 N–H and O–H groups in total. The number of hydrogen-bond donors (Lipinski definition) is 5. The van der Waals surface area contributed by atoms with Crippen LogP contribution in [0.3, 0.4) is 0 Å². The van der Waals surface area contributed by atoms with Gasteiger partial charge in [0.1, 0.15) is 5.82 Å². The molecule has 2 aromatic carbocycles. The van der Waals surface area contributed by atoms with Crippen LogP contribution in [0.2, 0.25) is 0 Å². The molecule has 226 valence electrons. The predicted octanol–water partition coefficient (Wildman–Crippen LogP) is 2.83. The molecule has 0 saturated carbocycles. The topological polar surface area (TPSA) is 192 Å². The van der Waals surface area contributed by atoms with Gasteiger partial charge in [-0.2, -0.15) is 5.10 Å². The number of nitrogens with one attached hydrogen (secondary N) is 2. The van der Waals surface area contributed by atoms with Gasteiger partial charge >= 0.3 is 0 Å². The zero-order valence-electron chi connectivity index (χ0n) is 24.5. The van der Waals surface area contributed by atoms with Gasteiger partial charge in [0.15, 0.2) is 0 Å². The molecule has 2 aromatic heterocycles. The number of aryl methyl sites for hydroxylation is 3. The van der Waals surface area contributed by atoms with Crippen LogP contribution in [-0.2, 0) is 17.9 Å². The van der Waals surface area contributed by atoms with Crippen molar-refractivity contribution in [3.05, 3.63) is 59.3 Å². The van der Waals surface area contributed by atoms with Crippen LogP contribution in [0.5, 0.6) is 0 Å². The first-order chi connectivity index (χ1) is 20.6. The summed E-state index contributed by atoms with van der Waals surface area (Å²) in [4.78, 5) is 42.7. The minimum absolute atomic E-state index is 0.00278. The number of nitrogen functional groups attached to an aromatic ring is 1. The molecule has 1 aliphatic rings. The molecule has 5 rings (SSSR count). The van der Waals surface area contributed by atoms with Crippen molar-refractivity contribution in [1.82, 2.24) is 24.2 Å². The number of carbonyl (C=O) groups is 3. The van der Waals surface area contributed by atoms with Gasteiger partial charge in [0.25, 0.3) is 0 Å². The van der Waals surface area contributed by atoms with Gasteiger partial charge < -0.3 is 37.3 Å². The molecule has 1 aliphatic heterocycles. The first-order valence-corrected chi connectivity index (χ1v) is 14.5. The van der Waals surface area contributed by atoms with E-state index in [1.165, 1.54) is 6.07 Å². The maximum Gasteiger partial charge on any atom is 0.248 e.